The average molecular weight is 204 g/mol. The van der Waals surface area contributed by atoms with Crippen molar-refractivity contribution >= 4 is 16.6 Å². The van der Waals surface area contributed by atoms with Gasteiger partial charge in [-0.2, -0.15) is 5.10 Å². The molecule has 0 bridgehead atoms. The van der Waals surface area contributed by atoms with Gasteiger partial charge in [0.25, 0.3) is 0 Å². The Morgan fingerprint density at radius 1 is 1.46 bits per heavy atom. The number of hydrogen-bond donors (Lipinski definition) is 0. The number of pyridine rings is 1. The molecule has 2 heterocycles. The fourth-order valence-corrected chi connectivity index (χ4v) is 1.51. The van der Waals surface area contributed by atoms with E-state index in [-0.39, 0.29) is 34.5 Å². The molecule has 0 spiro atoms. The Balaban J connectivity index is 0.000000845. The fourth-order valence-electron chi connectivity index (χ4n) is 1.04. The largest absolute Gasteiger partial charge is 1.00 e. The van der Waals surface area contributed by atoms with E-state index < -0.39 is 11.1 Å². The zero-order chi connectivity index (χ0) is 8.55. The van der Waals surface area contributed by atoms with Gasteiger partial charge >= 0.3 is 29.6 Å². The quantitative estimate of drug-likeness (QED) is 0.383. The molecule has 1 atom stereocenters. The van der Waals surface area contributed by atoms with Gasteiger partial charge in [-0.25, -0.2) is 4.52 Å². The maximum atomic E-state index is 10.6. The summed E-state index contributed by atoms with van der Waals surface area (Å²) >= 11 is -2.21. The van der Waals surface area contributed by atoms with Gasteiger partial charge in [0.1, 0.15) is 0 Å². The molecule has 0 amide bonds. The molecule has 0 radical (unpaired) electrons. The van der Waals surface area contributed by atoms with Crippen molar-refractivity contribution < 1.29 is 38.3 Å². The standard InChI is InChI=1S/C7H6N2O2S.Na/c10-12(11)7-5-8-9-4-2-1-3-6(7)9;/h1-5H,(H,10,11);/q;+1/p-1. The van der Waals surface area contributed by atoms with Crippen LogP contribution in [0.2, 0.25) is 0 Å². The van der Waals surface area contributed by atoms with Crippen molar-refractivity contribution in [2.45, 2.75) is 4.90 Å². The van der Waals surface area contributed by atoms with Crippen molar-refractivity contribution in [2.24, 2.45) is 0 Å². The van der Waals surface area contributed by atoms with Gasteiger partial charge in [-0.1, -0.05) is 6.07 Å². The third-order valence-corrected chi connectivity index (χ3v) is 2.24. The number of rotatable bonds is 1. The molecule has 0 aromatic carbocycles. The summed E-state index contributed by atoms with van der Waals surface area (Å²) in [6, 6.07) is 5.27. The molecule has 0 aliphatic heterocycles. The van der Waals surface area contributed by atoms with Crippen LogP contribution in [0, 0.1) is 0 Å². The van der Waals surface area contributed by atoms with Gasteiger partial charge < -0.3 is 4.55 Å². The molecule has 2 aromatic heterocycles. The Bertz CT molecular complexity index is 443. The third-order valence-electron chi connectivity index (χ3n) is 1.57. The average Bonchev–Trinajstić information content (AvgIpc) is 2.47. The van der Waals surface area contributed by atoms with E-state index in [0.717, 1.165) is 0 Å². The molecular formula is C7H5N2NaO2S. The molecule has 13 heavy (non-hydrogen) atoms. The predicted octanol–water partition coefficient (Wildman–Crippen LogP) is -2.42. The molecule has 0 saturated carbocycles. The molecule has 4 nitrogen and oxygen atoms in total. The predicted molar refractivity (Wildman–Crippen MR) is 42.4 cm³/mol. The van der Waals surface area contributed by atoms with E-state index in [1.165, 1.54) is 10.7 Å². The van der Waals surface area contributed by atoms with Gasteiger partial charge in [0.15, 0.2) is 0 Å². The molecule has 6 heteroatoms. The van der Waals surface area contributed by atoms with E-state index in [2.05, 4.69) is 5.10 Å². The van der Waals surface area contributed by atoms with Crippen LogP contribution in [0.3, 0.4) is 0 Å². The van der Waals surface area contributed by atoms with Crippen molar-refractivity contribution in [3.05, 3.63) is 30.6 Å². The summed E-state index contributed by atoms with van der Waals surface area (Å²) in [5.74, 6) is 0. The molecule has 0 fully saturated rings. The van der Waals surface area contributed by atoms with E-state index in [1.807, 2.05) is 0 Å². The monoisotopic (exact) mass is 204 g/mol. The van der Waals surface area contributed by atoms with Crippen LogP contribution in [-0.2, 0) is 11.1 Å². The summed E-state index contributed by atoms with van der Waals surface area (Å²) < 4.78 is 22.8. The van der Waals surface area contributed by atoms with Gasteiger partial charge in [-0.3, -0.25) is 4.21 Å². The van der Waals surface area contributed by atoms with Gasteiger partial charge in [0.05, 0.1) is 16.6 Å². The van der Waals surface area contributed by atoms with Crippen LogP contribution in [0.4, 0.5) is 0 Å². The summed E-state index contributed by atoms with van der Waals surface area (Å²) in [6.45, 7) is 0. The second-order valence-corrected chi connectivity index (χ2v) is 3.18. The van der Waals surface area contributed by atoms with Gasteiger partial charge in [0, 0.05) is 6.20 Å². The Labute approximate surface area is 99.5 Å². The second kappa shape index (κ2) is 4.34. The van der Waals surface area contributed by atoms with E-state index in [0.29, 0.717) is 5.52 Å². The molecule has 0 N–H and O–H groups in total. The Morgan fingerprint density at radius 2 is 2.23 bits per heavy atom. The summed E-state index contributed by atoms with van der Waals surface area (Å²) in [5.41, 5.74) is 0.603. The summed E-state index contributed by atoms with van der Waals surface area (Å²) in [7, 11) is 0. The molecular weight excluding hydrogens is 199 g/mol. The smallest absolute Gasteiger partial charge is 0.768 e. The maximum absolute atomic E-state index is 10.6. The minimum absolute atomic E-state index is 0. The molecule has 0 aliphatic rings. The summed E-state index contributed by atoms with van der Waals surface area (Å²) in [5, 5.41) is 3.86. The van der Waals surface area contributed by atoms with Gasteiger partial charge in [0.2, 0.25) is 0 Å². The van der Waals surface area contributed by atoms with Crippen LogP contribution in [0.25, 0.3) is 5.52 Å². The van der Waals surface area contributed by atoms with Crippen molar-refractivity contribution in [3.8, 4) is 0 Å². The minimum Gasteiger partial charge on any atom is -0.768 e. The Morgan fingerprint density at radius 3 is 2.92 bits per heavy atom. The van der Waals surface area contributed by atoms with Crippen LogP contribution < -0.4 is 29.6 Å². The van der Waals surface area contributed by atoms with Crippen LogP contribution in [0.1, 0.15) is 0 Å². The fraction of sp³-hybridized carbons (Fsp3) is 0. The molecule has 2 rings (SSSR count). The van der Waals surface area contributed by atoms with E-state index in [4.69, 9.17) is 0 Å². The van der Waals surface area contributed by atoms with Crippen LogP contribution >= 0.6 is 0 Å². The second-order valence-electron chi connectivity index (χ2n) is 2.27. The number of aromatic nitrogens is 2. The Hall–Kier alpha value is -0.200. The van der Waals surface area contributed by atoms with Crippen molar-refractivity contribution in [1.82, 2.24) is 9.61 Å². The zero-order valence-corrected chi connectivity index (χ0v) is 9.82. The molecule has 62 valence electrons. The van der Waals surface area contributed by atoms with E-state index in [1.54, 1.807) is 24.4 Å². The third kappa shape index (κ3) is 2.00. The topological polar surface area (TPSA) is 57.4 Å². The van der Waals surface area contributed by atoms with E-state index in [9.17, 15) is 8.76 Å². The first-order valence-electron chi connectivity index (χ1n) is 3.30. The summed E-state index contributed by atoms with van der Waals surface area (Å²) in [4.78, 5) is 0.232. The molecule has 1 unspecified atom stereocenters. The summed E-state index contributed by atoms with van der Waals surface area (Å²) in [6.07, 6.45) is 3.03. The Kier molecular flexibility index (Phi) is 3.63. The zero-order valence-electron chi connectivity index (χ0n) is 7.01. The maximum Gasteiger partial charge on any atom is 1.00 e. The van der Waals surface area contributed by atoms with E-state index >= 15 is 0 Å². The number of hydrogen-bond acceptors (Lipinski definition) is 3. The van der Waals surface area contributed by atoms with Crippen LogP contribution in [-0.4, -0.2) is 18.4 Å². The first-order chi connectivity index (χ1) is 5.79. The normalized spacial score (nSPS) is 12.4. The number of nitrogens with zero attached hydrogens (tertiary/aromatic N) is 2. The minimum atomic E-state index is -2.21. The SMILES string of the molecule is O=S([O-])c1cnn2ccccc12.[Na+]. The van der Waals surface area contributed by atoms with Gasteiger partial charge in [-0.05, 0) is 23.2 Å². The molecule has 2 aromatic rings. The molecule has 0 saturated heterocycles. The van der Waals surface area contributed by atoms with Crippen molar-refractivity contribution in [2.75, 3.05) is 0 Å². The number of fused-ring (bicyclic) bond motifs is 1. The van der Waals surface area contributed by atoms with Crippen molar-refractivity contribution in [1.29, 1.82) is 0 Å². The van der Waals surface area contributed by atoms with Crippen LogP contribution in [0.15, 0.2) is 35.5 Å². The first-order valence-corrected chi connectivity index (χ1v) is 4.38. The van der Waals surface area contributed by atoms with Crippen molar-refractivity contribution in [3.63, 3.8) is 0 Å². The first kappa shape index (κ1) is 10.9. The van der Waals surface area contributed by atoms with Gasteiger partial charge in [-0.15, -0.1) is 0 Å². The molecule has 0 aliphatic carbocycles. The van der Waals surface area contributed by atoms with Crippen LogP contribution in [0.5, 0.6) is 0 Å².